The summed E-state index contributed by atoms with van der Waals surface area (Å²) >= 11 is 0. The van der Waals surface area contributed by atoms with Crippen LogP contribution < -0.4 is 4.72 Å². The molecule has 0 bridgehead atoms. The van der Waals surface area contributed by atoms with Gasteiger partial charge in [-0.1, -0.05) is 60.7 Å². The second-order valence-corrected chi connectivity index (χ2v) is 7.34. The molecule has 1 atom stereocenters. The van der Waals surface area contributed by atoms with Crippen molar-refractivity contribution in [3.63, 3.8) is 0 Å². The number of rotatable bonds is 7. The third-order valence-electron chi connectivity index (χ3n) is 3.27. The third kappa shape index (κ3) is 5.26. The number of sulfonamides is 1. The molecule has 4 nitrogen and oxygen atoms in total. The van der Waals surface area contributed by atoms with Gasteiger partial charge in [0.15, 0.2) is 0 Å². The lowest BCUT2D eigenvalue weighted by atomic mass is 10.1. The molecule has 0 fully saturated rings. The second-order valence-electron chi connectivity index (χ2n) is 5.59. The van der Waals surface area contributed by atoms with Crippen molar-refractivity contribution >= 4 is 10.0 Å². The molecule has 0 spiro atoms. The predicted octanol–water partition coefficient (Wildman–Crippen LogP) is 2.41. The molecule has 22 heavy (non-hydrogen) atoms. The Morgan fingerprint density at radius 1 is 0.955 bits per heavy atom. The van der Waals surface area contributed by atoms with Crippen molar-refractivity contribution in [1.29, 1.82) is 0 Å². The van der Waals surface area contributed by atoms with E-state index in [1.54, 1.807) is 0 Å². The van der Waals surface area contributed by atoms with Gasteiger partial charge < -0.3 is 4.90 Å². The fourth-order valence-electron chi connectivity index (χ4n) is 2.31. The first-order chi connectivity index (χ1) is 10.5. The SMILES string of the molecule is CN(C)C[C@@H](NS(=O)(=O)Cc1ccccc1)c1ccccc1. The zero-order chi connectivity index (χ0) is 16.0. The number of hydrogen-bond donors (Lipinski definition) is 1. The summed E-state index contributed by atoms with van der Waals surface area (Å²) in [4.78, 5) is 1.97. The quantitative estimate of drug-likeness (QED) is 0.853. The smallest absolute Gasteiger partial charge is 0.216 e. The Morgan fingerprint density at radius 3 is 2.05 bits per heavy atom. The highest BCUT2D eigenvalue weighted by molar-refractivity contribution is 7.88. The van der Waals surface area contributed by atoms with Crippen LogP contribution in [-0.4, -0.2) is 34.0 Å². The van der Waals surface area contributed by atoms with Gasteiger partial charge in [0.2, 0.25) is 10.0 Å². The van der Waals surface area contributed by atoms with Gasteiger partial charge in [-0.05, 0) is 25.2 Å². The lowest BCUT2D eigenvalue weighted by Gasteiger charge is -2.22. The second kappa shape index (κ2) is 7.54. The fraction of sp³-hybridized carbons (Fsp3) is 0.294. The number of likely N-dealkylation sites (N-methyl/N-ethyl adjacent to an activating group) is 1. The molecule has 0 saturated heterocycles. The van der Waals surface area contributed by atoms with Gasteiger partial charge in [0.25, 0.3) is 0 Å². The summed E-state index contributed by atoms with van der Waals surface area (Å²) in [7, 11) is 0.460. The Balaban J connectivity index is 2.15. The summed E-state index contributed by atoms with van der Waals surface area (Å²) in [6.45, 7) is 0.609. The lowest BCUT2D eigenvalue weighted by Crippen LogP contribution is -2.35. The minimum atomic E-state index is -3.40. The molecule has 2 rings (SSSR count). The van der Waals surface area contributed by atoms with Crippen LogP contribution in [0, 0.1) is 0 Å². The monoisotopic (exact) mass is 318 g/mol. The minimum Gasteiger partial charge on any atom is -0.307 e. The van der Waals surface area contributed by atoms with Crippen LogP contribution >= 0.6 is 0 Å². The Morgan fingerprint density at radius 2 is 1.50 bits per heavy atom. The topological polar surface area (TPSA) is 49.4 Å². The van der Waals surface area contributed by atoms with Crippen LogP contribution in [0.3, 0.4) is 0 Å². The van der Waals surface area contributed by atoms with Gasteiger partial charge in [-0.2, -0.15) is 0 Å². The van der Waals surface area contributed by atoms with Crippen molar-refractivity contribution in [2.45, 2.75) is 11.8 Å². The average molecular weight is 318 g/mol. The van der Waals surface area contributed by atoms with E-state index in [-0.39, 0.29) is 11.8 Å². The van der Waals surface area contributed by atoms with E-state index in [0.717, 1.165) is 11.1 Å². The first-order valence-electron chi connectivity index (χ1n) is 7.20. The molecule has 0 heterocycles. The predicted molar refractivity (Wildman–Crippen MR) is 89.9 cm³/mol. The molecule has 0 radical (unpaired) electrons. The molecule has 5 heteroatoms. The molecular weight excluding hydrogens is 296 g/mol. The highest BCUT2D eigenvalue weighted by Crippen LogP contribution is 2.16. The summed E-state index contributed by atoms with van der Waals surface area (Å²) in [6.07, 6.45) is 0. The molecular formula is C17H22N2O2S. The normalized spacial score (nSPS) is 13.2. The maximum atomic E-state index is 12.4. The summed E-state index contributed by atoms with van der Waals surface area (Å²) in [6, 6.07) is 18.6. The lowest BCUT2D eigenvalue weighted by molar-refractivity contribution is 0.363. The van der Waals surface area contributed by atoms with Gasteiger partial charge in [0.1, 0.15) is 0 Å². The Labute approximate surface area is 132 Å². The zero-order valence-electron chi connectivity index (χ0n) is 12.9. The van der Waals surface area contributed by atoms with Gasteiger partial charge in [-0.3, -0.25) is 0 Å². The maximum Gasteiger partial charge on any atom is 0.216 e. The maximum absolute atomic E-state index is 12.4. The first kappa shape index (κ1) is 16.7. The molecule has 1 N–H and O–H groups in total. The summed E-state index contributed by atoms with van der Waals surface area (Å²) < 4.78 is 27.7. The Bertz CT molecular complexity index is 670. The molecule has 0 unspecified atom stereocenters. The van der Waals surface area contributed by atoms with E-state index < -0.39 is 10.0 Å². The van der Waals surface area contributed by atoms with E-state index in [0.29, 0.717) is 6.54 Å². The van der Waals surface area contributed by atoms with Crippen LogP contribution in [0.1, 0.15) is 17.2 Å². The van der Waals surface area contributed by atoms with Gasteiger partial charge >= 0.3 is 0 Å². The van der Waals surface area contributed by atoms with Gasteiger partial charge in [0.05, 0.1) is 11.8 Å². The molecule has 0 aliphatic heterocycles. The van der Waals surface area contributed by atoms with E-state index in [1.807, 2.05) is 79.7 Å². The van der Waals surface area contributed by atoms with E-state index >= 15 is 0 Å². The van der Waals surface area contributed by atoms with E-state index in [1.165, 1.54) is 0 Å². The third-order valence-corrected chi connectivity index (χ3v) is 4.63. The largest absolute Gasteiger partial charge is 0.307 e. The average Bonchev–Trinajstić information content (AvgIpc) is 2.47. The molecule has 0 amide bonds. The van der Waals surface area contributed by atoms with E-state index in [2.05, 4.69) is 4.72 Å². The number of nitrogens with zero attached hydrogens (tertiary/aromatic N) is 1. The highest BCUT2D eigenvalue weighted by atomic mass is 32.2. The molecule has 0 saturated carbocycles. The van der Waals surface area contributed by atoms with Crippen molar-refractivity contribution in [2.75, 3.05) is 20.6 Å². The van der Waals surface area contributed by atoms with Crippen LogP contribution in [0.15, 0.2) is 60.7 Å². The van der Waals surface area contributed by atoms with Crippen molar-refractivity contribution in [1.82, 2.24) is 9.62 Å². The van der Waals surface area contributed by atoms with Crippen molar-refractivity contribution in [3.05, 3.63) is 71.8 Å². The minimum absolute atomic E-state index is 0.00932. The molecule has 2 aromatic carbocycles. The standard InChI is InChI=1S/C17H22N2O2S/c1-19(2)13-17(16-11-7-4-8-12-16)18-22(20,21)14-15-9-5-3-6-10-15/h3-12,17-18H,13-14H2,1-2H3/t17-/m1/s1. The van der Waals surface area contributed by atoms with Crippen molar-refractivity contribution < 1.29 is 8.42 Å². The summed E-state index contributed by atoms with van der Waals surface area (Å²) in [5, 5.41) is 0. The van der Waals surface area contributed by atoms with Crippen LogP contribution in [0.4, 0.5) is 0 Å². The van der Waals surface area contributed by atoms with Gasteiger partial charge in [-0.25, -0.2) is 13.1 Å². The summed E-state index contributed by atoms with van der Waals surface area (Å²) in [5.74, 6) is -0.00932. The molecule has 2 aromatic rings. The van der Waals surface area contributed by atoms with Gasteiger partial charge in [0, 0.05) is 6.54 Å². The van der Waals surface area contributed by atoms with Crippen LogP contribution in [0.5, 0.6) is 0 Å². The van der Waals surface area contributed by atoms with Crippen LogP contribution in [0.2, 0.25) is 0 Å². The molecule has 0 aliphatic carbocycles. The van der Waals surface area contributed by atoms with Gasteiger partial charge in [-0.15, -0.1) is 0 Å². The van der Waals surface area contributed by atoms with Crippen LogP contribution in [-0.2, 0) is 15.8 Å². The molecule has 118 valence electrons. The highest BCUT2D eigenvalue weighted by Gasteiger charge is 2.20. The Kier molecular flexibility index (Phi) is 5.71. The first-order valence-corrected chi connectivity index (χ1v) is 8.85. The summed E-state index contributed by atoms with van der Waals surface area (Å²) in [5.41, 5.74) is 1.75. The number of hydrogen-bond acceptors (Lipinski definition) is 3. The van der Waals surface area contributed by atoms with Crippen LogP contribution in [0.25, 0.3) is 0 Å². The molecule has 0 aliphatic rings. The molecule has 0 aromatic heterocycles. The van der Waals surface area contributed by atoms with Crippen molar-refractivity contribution in [3.8, 4) is 0 Å². The number of benzene rings is 2. The fourth-order valence-corrected chi connectivity index (χ4v) is 3.67. The van der Waals surface area contributed by atoms with Crippen molar-refractivity contribution in [2.24, 2.45) is 0 Å². The Hall–Kier alpha value is -1.69. The zero-order valence-corrected chi connectivity index (χ0v) is 13.8. The van der Waals surface area contributed by atoms with E-state index in [4.69, 9.17) is 0 Å². The van der Waals surface area contributed by atoms with E-state index in [9.17, 15) is 8.42 Å². The number of nitrogens with one attached hydrogen (secondary N) is 1.